The summed E-state index contributed by atoms with van der Waals surface area (Å²) in [5.74, 6) is 0. The van der Waals surface area contributed by atoms with Gasteiger partial charge in [0.1, 0.15) is 0 Å². The predicted molar refractivity (Wildman–Crippen MR) is 96.7 cm³/mol. The van der Waals surface area contributed by atoms with E-state index in [0.29, 0.717) is 0 Å². The van der Waals surface area contributed by atoms with Gasteiger partial charge in [-0.1, -0.05) is 42.5 Å². The first-order valence-corrected chi connectivity index (χ1v) is 8.31. The highest BCUT2D eigenvalue weighted by molar-refractivity contribution is 5.80. The molecule has 0 aromatic heterocycles. The number of anilines is 1. The van der Waals surface area contributed by atoms with E-state index in [1.165, 1.54) is 11.3 Å². The van der Waals surface area contributed by atoms with Crippen molar-refractivity contribution in [3.8, 4) is 0 Å². The lowest BCUT2D eigenvalue weighted by molar-refractivity contribution is 0.122. The van der Waals surface area contributed by atoms with Gasteiger partial charge in [-0.15, -0.1) is 0 Å². The smallest absolute Gasteiger partial charge is 0.0642 e. The molecule has 23 heavy (non-hydrogen) atoms. The van der Waals surface area contributed by atoms with E-state index in [2.05, 4.69) is 65.3 Å². The maximum absolute atomic E-state index is 5.40. The molecule has 3 nitrogen and oxygen atoms in total. The molecule has 0 aliphatic carbocycles. The van der Waals surface area contributed by atoms with Crippen molar-refractivity contribution in [2.24, 2.45) is 4.99 Å². The normalized spacial score (nSPS) is 16.7. The zero-order valence-electron chi connectivity index (χ0n) is 13.7. The molecule has 2 aromatic rings. The van der Waals surface area contributed by atoms with Crippen molar-refractivity contribution in [1.82, 2.24) is 0 Å². The van der Waals surface area contributed by atoms with Crippen LogP contribution >= 0.6 is 0 Å². The van der Waals surface area contributed by atoms with E-state index in [1.807, 2.05) is 12.3 Å². The van der Waals surface area contributed by atoms with Crippen molar-refractivity contribution >= 4 is 11.9 Å². The zero-order valence-corrected chi connectivity index (χ0v) is 13.7. The molecule has 0 unspecified atom stereocenters. The summed E-state index contributed by atoms with van der Waals surface area (Å²) in [6.07, 6.45) is 2.96. The Bertz CT molecular complexity index is 616. The molecule has 1 aliphatic heterocycles. The molecule has 2 aromatic carbocycles. The van der Waals surface area contributed by atoms with Crippen LogP contribution in [-0.2, 0) is 11.2 Å². The minimum atomic E-state index is 0.288. The summed E-state index contributed by atoms with van der Waals surface area (Å²) in [5.41, 5.74) is 3.75. The third-order valence-corrected chi connectivity index (χ3v) is 4.12. The number of aliphatic imine (C=N–C) groups is 1. The molecule has 1 fully saturated rings. The molecule has 120 valence electrons. The van der Waals surface area contributed by atoms with Crippen LogP contribution in [0.1, 0.15) is 18.1 Å². The molecule has 0 N–H and O–H groups in total. The van der Waals surface area contributed by atoms with Gasteiger partial charge in [0, 0.05) is 25.0 Å². The first-order chi connectivity index (χ1) is 11.3. The largest absolute Gasteiger partial charge is 0.378 e. The maximum atomic E-state index is 5.40. The van der Waals surface area contributed by atoms with E-state index in [9.17, 15) is 0 Å². The number of morpholine rings is 1. The first-order valence-electron chi connectivity index (χ1n) is 8.31. The van der Waals surface area contributed by atoms with Gasteiger partial charge in [-0.2, -0.15) is 0 Å². The number of nitrogens with zero attached hydrogens (tertiary/aromatic N) is 2. The Morgan fingerprint density at radius 2 is 1.74 bits per heavy atom. The van der Waals surface area contributed by atoms with Gasteiger partial charge < -0.3 is 9.64 Å². The first kappa shape index (κ1) is 15.8. The highest BCUT2D eigenvalue weighted by Gasteiger charge is 2.10. The molecule has 0 saturated carbocycles. The lowest BCUT2D eigenvalue weighted by Gasteiger charge is -2.28. The Morgan fingerprint density at radius 3 is 2.43 bits per heavy atom. The Labute approximate surface area is 138 Å². The van der Waals surface area contributed by atoms with Crippen LogP contribution in [0.4, 0.5) is 5.69 Å². The highest BCUT2D eigenvalue weighted by atomic mass is 16.5. The fraction of sp³-hybridized carbons (Fsp3) is 0.350. The van der Waals surface area contributed by atoms with Crippen molar-refractivity contribution in [1.29, 1.82) is 0 Å². The van der Waals surface area contributed by atoms with Gasteiger partial charge in [0.25, 0.3) is 0 Å². The van der Waals surface area contributed by atoms with E-state index in [1.54, 1.807) is 0 Å². The summed E-state index contributed by atoms with van der Waals surface area (Å²) >= 11 is 0. The second-order valence-electron chi connectivity index (χ2n) is 6.01. The molecule has 3 rings (SSSR count). The summed E-state index contributed by atoms with van der Waals surface area (Å²) in [6, 6.07) is 19.4. The Morgan fingerprint density at radius 1 is 1.04 bits per heavy atom. The number of rotatable bonds is 5. The van der Waals surface area contributed by atoms with E-state index in [0.717, 1.165) is 38.3 Å². The molecule has 0 bridgehead atoms. The third-order valence-electron chi connectivity index (χ3n) is 4.12. The van der Waals surface area contributed by atoms with Gasteiger partial charge in [0.2, 0.25) is 0 Å². The molecule has 1 saturated heterocycles. The number of hydrogen-bond acceptors (Lipinski definition) is 3. The van der Waals surface area contributed by atoms with Gasteiger partial charge in [-0.25, -0.2) is 0 Å². The van der Waals surface area contributed by atoms with E-state index in [-0.39, 0.29) is 6.04 Å². The summed E-state index contributed by atoms with van der Waals surface area (Å²) in [7, 11) is 0. The third kappa shape index (κ3) is 4.67. The van der Waals surface area contributed by atoms with Gasteiger partial charge in [-0.3, -0.25) is 4.99 Å². The van der Waals surface area contributed by atoms with Gasteiger partial charge in [0.15, 0.2) is 0 Å². The highest BCUT2D eigenvalue weighted by Crippen LogP contribution is 2.16. The number of hydrogen-bond donors (Lipinski definition) is 0. The fourth-order valence-electron chi connectivity index (χ4n) is 2.81. The topological polar surface area (TPSA) is 24.8 Å². The monoisotopic (exact) mass is 308 g/mol. The minimum absolute atomic E-state index is 0.288. The summed E-state index contributed by atoms with van der Waals surface area (Å²) in [4.78, 5) is 7.04. The van der Waals surface area contributed by atoms with Crippen LogP contribution in [0.2, 0.25) is 0 Å². The molecule has 1 atom stereocenters. The van der Waals surface area contributed by atoms with Crippen LogP contribution in [0.5, 0.6) is 0 Å². The average Bonchev–Trinajstić information content (AvgIpc) is 2.62. The van der Waals surface area contributed by atoms with Crippen LogP contribution in [0.15, 0.2) is 59.6 Å². The quantitative estimate of drug-likeness (QED) is 0.789. The lowest BCUT2D eigenvalue weighted by atomic mass is 10.1. The van der Waals surface area contributed by atoms with Crippen molar-refractivity contribution in [2.75, 3.05) is 31.2 Å². The maximum Gasteiger partial charge on any atom is 0.0642 e. The zero-order chi connectivity index (χ0) is 15.9. The van der Waals surface area contributed by atoms with Gasteiger partial charge in [0.05, 0.1) is 19.3 Å². The summed E-state index contributed by atoms with van der Waals surface area (Å²) < 4.78 is 5.40. The molecule has 0 radical (unpaired) electrons. The standard InChI is InChI=1S/C20H24N2O/c1-17(15-18-5-3-2-4-6-18)21-16-19-7-9-20(10-8-19)22-11-13-23-14-12-22/h2-10,16-17H,11-15H2,1H3/t17-/m0/s1. The molecule has 1 aliphatic rings. The Kier molecular flexibility index (Phi) is 5.43. The molecular formula is C20H24N2O. The summed E-state index contributed by atoms with van der Waals surface area (Å²) in [6.45, 7) is 5.75. The van der Waals surface area contributed by atoms with Crippen molar-refractivity contribution in [2.45, 2.75) is 19.4 Å². The SMILES string of the molecule is C[C@@H](Cc1ccccc1)N=Cc1ccc(N2CCOCC2)cc1. The summed E-state index contributed by atoms with van der Waals surface area (Å²) in [5, 5.41) is 0. The Hall–Kier alpha value is -2.13. The molecular weight excluding hydrogens is 284 g/mol. The lowest BCUT2D eigenvalue weighted by Crippen LogP contribution is -2.36. The average molecular weight is 308 g/mol. The number of ether oxygens (including phenoxy) is 1. The van der Waals surface area contributed by atoms with Gasteiger partial charge in [-0.05, 0) is 36.6 Å². The second-order valence-corrected chi connectivity index (χ2v) is 6.01. The second kappa shape index (κ2) is 7.93. The van der Waals surface area contributed by atoms with Crippen LogP contribution in [-0.4, -0.2) is 38.6 Å². The van der Waals surface area contributed by atoms with Crippen molar-refractivity contribution in [3.05, 3.63) is 65.7 Å². The van der Waals surface area contributed by atoms with Gasteiger partial charge >= 0.3 is 0 Å². The number of benzene rings is 2. The van der Waals surface area contributed by atoms with E-state index in [4.69, 9.17) is 4.74 Å². The Balaban J connectivity index is 1.56. The predicted octanol–water partition coefficient (Wildman–Crippen LogP) is 3.57. The molecule has 0 spiro atoms. The molecule has 0 amide bonds. The van der Waals surface area contributed by atoms with Crippen LogP contribution in [0.3, 0.4) is 0 Å². The van der Waals surface area contributed by atoms with E-state index < -0.39 is 0 Å². The van der Waals surface area contributed by atoms with Crippen molar-refractivity contribution < 1.29 is 4.74 Å². The van der Waals surface area contributed by atoms with E-state index >= 15 is 0 Å². The van der Waals surface area contributed by atoms with Crippen LogP contribution in [0, 0.1) is 0 Å². The molecule has 3 heteroatoms. The van der Waals surface area contributed by atoms with Crippen LogP contribution in [0.25, 0.3) is 0 Å². The van der Waals surface area contributed by atoms with Crippen LogP contribution < -0.4 is 4.90 Å². The minimum Gasteiger partial charge on any atom is -0.378 e. The van der Waals surface area contributed by atoms with Crippen molar-refractivity contribution in [3.63, 3.8) is 0 Å². The molecule has 1 heterocycles. The fourth-order valence-corrected chi connectivity index (χ4v) is 2.81.